The molecule has 1 saturated carbocycles. The lowest BCUT2D eigenvalue weighted by atomic mass is 9.79. The quantitative estimate of drug-likeness (QED) is 0.638. The monoisotopic (exact) mass is 154 g/mol. The smallest absolute Gasteiger partial charge is 0.0297 e. The van der Waals surface area contributed by atoms with Gasteiger partial charge in [0.05, 0.1) is 0 Å². The molecule has 2 N–H and O–H groups in total. The Morgan fingerprint density at radius 2 is 2.00 bits per heavy atom. The molecule has 2 fully saturated rings. The average Bonchev–Trinajstić information content (AvgIpc) is 1.76. The first-order valence-corrected chi connectivity index (χ1v) is 4.77. The van der Waals surface area contributed by atoms with Crippen molar-refractivity contribution in [2.45, 2.75) is 38.3 Å². The minimum absolute atomic E-state index is 0.470. The molecule has 2 rings (SSSR count). The summed E-state index contributed by atoms with van der Waals surface area (Å²) in [5.41, 5.74) is 5.72. The molecular formula is C9H18N2. The molecule has 0 aromatic rings. The molecule has 0 bridgehead atoms. The third kappa shape index (κ3) is 1.30. The van der Waals surface area contributed by atoms with Crippen molar-refractivity contribution in [1.82, 2.24) is 4.90 Å². The van der Waals surface area contributed by atoms with Gasteiger partial charge in [-0.3, -0.25) is 4.90 Å². The van der Waals surface area contributed by atoms with E-state index in [2.05, 4.69) is 11.8 Å². The van der Waals surface area contributed by atoms with E-state index in [4.69, 9.17) is 5.73 Å². The molecule has 0 spiro atoms. The lowest BCUT2D eigenvalue weighted by Gasteiger charge is -2.46. The Balaban J connectivity index is 1.76. The highest BCUT2D eigenvalue weighted by Gasteiger charge is 2.33. The minimum atomic E-state index is 0.470. The largest absolute Gasteiger partial charge is 0.325 e. The minimum Gasteiger partial charge on any atom is -0.325 e. The van der Waals surface area contributed by atoms with Crippen LogP contribution in [0.15, 0.2) is 0 Å². The molecule has 0 aromatic carbocycles. The topological polar surface area (TPSA) is 29.3 Å². The van der Waals surface area contributed by atoms with Crippen LogP contribution in [-0.2, 0) is 0 Å². The maximum absolute atomic E-state index is 5.72. The van der Waals surface area contributed by atoms with Gasteiger partial charge in [0.2, 0.25) is 0 Å². The number of rotatable bonds is 2. The van der Waals surface area contributed by atoms with Crippen molar-refractivity contribution in [2.75, 3.05) is 13.1 Å². The second-order valence-corrected chi connectivity index (χ2v) is 4.15. The number of hydrogen-bond donors (Lipinski definition) is 1. The third-order valence-electron chi connectivity index (χ3n) is 3.35. The Morgan fingerprint density at radius 1 is 1.36 bits per heavy atom. The van der Waals surface area contributed by atoms with Gasteiger partial charge < -0.3 is 5.73 Å². The molecule has 1 saturated heterocycles. The fourth-order valence-electron chi connectivity index (χ4n) is 2.10. The highest BCUT2D eigenvalue weighted by Crippen LogP contribution is 2.33. The van der Waals surface area contributed by atoms with E-state index in [1.165, 1.54) is 19.3 Å². The van der Waals surface area contributed by atoms with Gasteiger partial charge >= 0.3 is 0 Å². The van der Waals surface area contributed by atoms with Crippen molar-refractivity contribution >= 4 is 0 Å². The van der Waals surface area contributed by atoms with Crippen LogP contribution >= 0.6 is 0 Å². The van der Waals surface area contributed by atoms with E-state index in [0.717, 1.165) is 25.0 Å². The van der Waals surface area contributed by atoms with Gasteiger partial charge in [-0.25, -0.2) is 0 Å². The van der Waals surface area contributed by atoms with Gasteiger partial charge in [0, 0.05) is 25.2 Å². The molecule has 2 aliphatic rings. The van der Waals surface area contributed by atoms with Crippen LogP contribution in [0.3, 0.4) is 0 Å². The van der Waals surface area contributed by atoms with E-state index in [1.807, 2.05) is 0 Å². The summed E-state index contributed by atoms with van der Waals surface area (Å²) < 4.78 is 0. The lowest BCUT2D eigenvalue weighted by Crippen LogP contribution is -2.60. The lowest BCUT2D eigenvalue weighted by molar-refractivity contribution is 0.0430. The van der Waals surface area contributed by atoms with Gasteiger partial charge in [0.1, 0.15) is 0 Å². The fraction of sp³-hybridized carbons (Fsp3) is 1.00. The van der Waals surface area contributed by atoms with E-state index in [0.29, 0.717) is 6.04 Å². The van der Waals surface area contributed by atoms with Crippen LogP contribution in [0.1, 0.15) is 26.2 Å². The number of nitrogens with two attached hydrogens (primary N) is 1. The first-order valence-electron chi connectivity index (χ1n) is 4.77. The van der Waals surface area contributed by atoms with Crippen molar-refractivity contribution in [3.63, 3.8) is 0 Å². The van der Waals surface area contributed by atoms with E-state index < -0.39 is 0 Å². The zero-order valence-corrected chi connectivity index (χ0v) is 7.29. The molecular weight excluding hydrogens is 136 g/mol. The Bertz CT molecular complexity index is 136. The third-order valence-corrected chi connectivity index (χ3v) is 3.35. The molecule has 1 aliphatic heterocycles. The molecule has 1 aliphatic carbocycles. The predicted molar refractivity (Wildman–Crippen MR) is 46.4 cm³/mol. The molecule has 11 heavy (non-hydrogen) atoms. The van der Waals surface area contributed by atoms with Crippen LogP contribution in [0.4, 0.5) is 0 Å². The van der Waals surface area contributed by atoms with Crippen LogP contribution in [0, 0.1) is 5.92 Å². The average molecular weight is 154 g/mol. The van der Waals surface area contributed by atoms with Crippen LogP contribution in [0.5, 0.6) is 0 Å². The normalized spacial score (nSPS) is 31.1. The van der Waals surface area contributed by atoms with Gasteiger partial charge in [-0.2, -0.15) is 0 Å². The molecule has 1 unspecified atom stereocenters. The van der Waals surface area contributed by atoms with E-state index in [1.54, 1.807) is 0 Å². The molecule has 0 aromatic heterocycles. The molecule has 2 nitrogen and oxygen atoms in total. The van der Waals surface area contributed by atoms with E-state index >= 15 is 0 Å². The standard InChI is InChI=1S/C9H18N2/c1-7(8-3-2-4-8)11-5-9(10)6-11/h7-9H,2-6,10H2,1H3. The SMILES string of the molecule is CC(C1CCC1)N1CC(N)C1. The molecule has 0 amide bonds. The van der Waals surface area contributed by atoms with E-state index in [9.17, 15) is 0 Å². The summed E-state index contributed by atoms with van der Waals surface area (Å²) in [7, 11) is 0. The van der Waals surface area contributed by atoms with Crippen molar-refractivity contribution < 1.29 is 0 Å². The highest BCUT2D eigenvalue weighted by molar-refractivity contribution is 4.90. The first kappa shape index (κ1) is 7.56. The summed E-state index contributed by atoms with van der Waals surface area (Å²) in [5, 5.41) is 0. The number of likely N-dealkylation sites (tertiary alicyclic amines) is 1. The summed E-state index contributed by atoms with van der Waals surface area (Å²) in [4.78, 5) is 2.52. The summed E-state index contributed by atoms with van der Waals surface area (Å²) >= 11 is 0. The van der Waals surface area contributed by atoms with E-state index in [-0.39, 0.29) is 0 Å². The van der Waals surface area contributed by atoms with Gasteiger partial charge in [-0.05, 0) is 25.7 Å². The molecule has 0 radical (unpaired) electrons. The Kier molecular flexibility index (Phi) is 1.90. The zero-order valence-electron chi connectivity index (χ0n) is 7.29. The summed E-state index contributed by atoms with van der Waals surface area (Å²) in [6.07, 6.45) is 4.36. The number of nitrogens with zero attached hydrogens (tertiary/aromatic N) is 1. The van der Waals surface area contributed by atoms with Crippen LogP contribution < -0.4 is 5.73 Å². The Morgan fingerprint density at radius 3 is 2.36 bits per heavy atom. The van der Waals surface area contributed by atoms with Gasteiger partial charge in [0.25, 0.3) is 0 Å². The molecule has 1 heterocycles. The Labute approximate surface area is 68.7 Å². The second-order valence-electron chi connectivity index (χ2n) is 4.15. The first-order chi connectivity index (χ1) is 5.27. The second kappa shape index (κ2) is 2.76. The maximum Gasteiger partial charge on any atom is 0.0297 e. The van der Waals surface area contributed by atoms with Crippen molar-refractivity contribution in [1.29, 1.82) is 0 Å². The van der Waals surface area contributed by atoms with Crippen molar-refractivity contribution in [3.05, 3.63) is 0 Å². The summed E-state index contributed by atoms with van der Waals surface area (Å²) in [6, 6.07) is 1.28. The Hall–Kier alpha value is -0.0800. The molecule has 2 heteroatoms. The number of hydrogen-bond acceptors (Lipinski definition) is 2. The van der Waals surface area contributed by atoms with Gasteiger partial charge in [-0.1, -0.05) is 6.42 Å². The van der Waals surface area contributed by atoms with Crippen LogP contribution in [-0.4, -0.2) is 30.1 Å². The molecule has 64 valence electrons. The fourth-order valence-corrected chi connectivity index (χ4v) is 2.10. The predicted octanol–water partition coefficient (Wildman–Crippen LogP) is 0.818. The van der Waals surface area contributed by atoms with Crippen LogP contribution in [0.2, 0.25) is 0 Å². The maximum atomic E-state index is 5.72. The van der Waals surface area contributed by atoms with Crippen molar-refractivity contribution in [3.8, 4) is 0 Å². The van der Waals surface area contributed by atoms with Crippen LogP contribution in [0.25, 0.3) is 0 Å². The zero-order chi connectivity index (χ0) is 7.84. The van der Waals surface area contributed by atoms with Crippen molar-refractivity contribution in [2.24, 2.45) is 11.7 Å². The van der Waals surface area contributed by atoms with Gasteiger partial charge in [0.15, 0.2) is 0 Å². The summed E-state index contributed by atoms with van der Waals surface area (Å²) in [6.45, 7) is 4.63. The summed E-state index contributed by atoms with van der Waals surface area (Å²) in [5.74, 6) is 0.988. The van der Waals surface area contributed by atoms with Gasteiger partial charge in [-0.15, -0.1) is 0 Å². The molecule has 1 atom stereocenters. The highest BCUT2D eigenvalue weighted by atomic mass is 15.2.